The SMILES string of the molecule is Cc1nc(SCC2(O)CCNCC2)oc1C. The molecule has 2 N–H and O–H groups in total. The Kier molecular flexibility index (Phi) is 3.56. The summed E-state index contributed by atoms with van der Waals surface area (Å²) < 4.78 is 5.48. The van der Waals surface area contributed by atoms with Crippen LogP contribution in [0.3, 0.4) is 0 Å². The van der Waals surface area contributed by atoms with Crippen LogP contribution in [0.1, 0.15) is 24.3 Å². The summed E-state index contributed by atoms with van der Waals surface area (Å²) in [6, 6.07) is 0. The van der Waals surface area contributed by atoms with Gasteiger partial charge in [-0.05, 0) is 39.8 Å². The zero-order valence-electron chi connectivity index (χ0n) is 9.75. The minimum absolute atomic E-state index is 0.563. The molecule has 1 fully saturated rings. The van der Waals surface area contributed by atoms with E-state index < -0.39 is 5.60 Å². The third-order valence-corrected chi connectivity index (χ3v) is 4.11. The number of aryl methyl sites for hydroxylation is 2. The Morgan fingerprint density at radius 2 is 2.12 bits per heavy atom. The maximum atomic E-state index is 10.3. The van der Waals surface area contributed by atoms with Gasteiger partial charge in [0, 0.05) is 5.75 Å². The molecule has 0 saturated carbocycles. The van der Waals surface area contributed by atoms with Crippen molar-refractivity contribution in [3.8, 4) is 0 Å². The first kappa shape index (κ1) is 12.0. The van der Waals surface area contributed by atoms with Crippen LogP contribution in [-0.4, -0.2) is 34.5 Å². The van der Waals surface area contributed by atoms with Gasteiger partial charge in [-0.15, -0.1) is 0 Å². The van der Waals surface area contributed by atoms with Gasteiger partial charge < -0.3 is 14.8 Å². The standard InChI is InChI=1S/C11H18N2O2S/c1-8-9(2)15-10(13-8)16-7-11(14)3-5-12-6-4-11/h12,14H,3-7H2,1-2H3. The first-order valence-electron chi connectivity index (χ1n) is 5.59. The highest BCUT2D eigenvalue weighted by Gasteiger charge is 2.29. The number of aromatic nitrogens is 1. The van der Waals surface area contributed by atoms with Gasteiger partial charge in [-0.1, -0.05) is 11.8 Å². The lowest BCUT2D eigenvalue weighted by molar-refractivity contribution is 0.0337. The van der Waals surface area contributed by atoms with Gasteiger partial charge in [0.25, 0.3) is 5.22 Å². The van der Waals surface area contributed by atoms with Crippen LogP contribution >= 0.6 is 11.8 Å². The quantitative estimate of drug-likeness (QED) is 0.787. The third kappa shape index (κ3) is 2.78. The van der Waals surface area contributed by atoms with E-state index >= 15 is 0 Å². The molecule has 90 valence electrons. The molecule has 0 unspecified atom stereocenters. The minimum atomic E-state index is -0.563. The molecule has 1 aromatic rings. The highest BCUT2D eigenvalue weighted by atomic mass is 32.2. The summed E-state index contributed by atoms with van der Waals surface area (Å²) in [6.45, 7) is 5.62. The summed E-state index contributed by atoms with van der Waals surface area (Å²) in [4.78, 5) is 4.30. The lowest BCUT2D eigenvalue weighted by atomic mass is 9.95. The molecule has 2 rings (SSSR count). The number of nitrogens with one attached hydrogen (secondary N) is 1. The van der Waals surface area contributed by atoms with E-state index in [1.165, 1.54) is 11.8 Å². The van der Waals surface area contributed by atoms with Crippen LogP contribution in [0.25, 0.3) is 0 Å². The number of rotatable bonds is 3. The fourth-order valence-electron chi connectivity index (χ4n) is 1.74. The molecule has 5 heteroatoms. The smallest absolute Gasteiger partial charge is 0.256 e. The van der Waals surface area contributed by atoms with E-state index in [2.05, 4.69) is 10.3 Å². The van der Waals surface area contributed by atoms with E-state index in [-0.39, 0.29) is 0 Å². The molecule has 1 aromatic heterocycles. The molecule has 1 aliphatic rings. The lowest BCUT2D eigenvalue weighted by Crippen LogP contribution is -2.43. The molecule has 16 heavy (non-hydrogen) atoms. The lowest BCUT2D eigenvalue weighted by Gasteiger charge is -2.31. The van der Waals surface area contributed by atoms with E-state index in [0.717, 1.165) is 37.4 Å². The highest BCUT2D eigenvalue weighted by Crippen LogP contribution is 2.28. The van der Waals surface area contributed by atoms with E-state index in [1.54, 1.807) is 0 Å². The van der Waals surface area contributed by atoms with Crippen molar-refractivity contribution in [1.82, 2.24) is 10.3 Å². The van der Waals surface area contributed by atoms with Crippen molar-refractivity contribution < 1.29 is 9.52 Å². The van der Waals surface area contributed by atoms with Gasteiger partial charge in [-0.3, -0.25) is 0 Å². The van der Waals surface area contributed by atoms with Crippen LogP contribution < -0.4 is 5.32 Å². The predicted molar refractivity (Wildman–Crippen MR) is 63.8 cm³/mol. The van der Waals surface area contributed by atoms with Crippen LogP contribution in [0.2, 0.25) is 0 Å². The average molecular weight is 242 g/mol. The van der Waals surface area contributed by atoms with Crippen molar-refractivity contribution >= 4 is 11.8 Å². The molecule has 2 heterocycles. The van der Waals surface area contributed by atoms with Crippen molar-refractivity contribution in [3.63, 3.8) is 0 Å². The van der Waals surface area contributed by atoms with Gasteiger partial charge in [0.2, 0.25) is 0 Å². The van der Waals surface area contributed by atoms with Crippen molar-refractivity contribution in [2.75, 3.05) is 18.8 Å². The summed E-state index contributed by atoms with van der Waals surface area (Å²) in [5.41, 5.74) is 0.367. The first-order chi connectivity index (χ1) is 7.59. The van der Waals surface area contributed by atoms with Gasteiger partial charge in [0.15, 0.2) is 0 Å². The number of hydrogen-bond donors (Lipinski definition) is 2. The van der Waals surface area contributed by atoms with Crippen LogP contribution in [-0.2, 0) is 0 Å². The summed E-state index contributed by atoms with van der Waals surface area (Å²) in [5, 5.41) is 14.2. The van der Waals surface area contributed by atoms with Crippen LogP contribution in [0.4, 0.5) is 0 Å². The Morgan fingerprint density at radius 1 is 1.44 bits per heavy atom. The predicted octanol–water partition coefficient (Wildman–Crippen LogP) is 1.50. The van der Waals surface area contributed by atoms with E-state index in [4.69, 9.17) is 4.42 Å². The molecule has 0 amide bonds. The van der Waals surface area contributed by atoms with Crippen LogP contribution in [0.15, 0.2) is 9.64 Å². The number of aliphatic hydroxyl groups is 1. The number of piperidine rings is 1. The molecular formula is C11H18N2O2S. The summed E-state index contributed by atoms with van der Waals surface area (Å²) >= 11 is 1.51. The fraction of sp³-hybridized carbons (Fsp3) is 0.727. The number of thioether (sulfide) groups is 1. The molecule has 0 spiro atoms. The average Bonchev–Trinajstić information content (AvgIpc) is 2.57. The fourth-order valence-corrected chi connectivity index (χ4v) is 2.80. The zero-order chi connectivity index (χ0) is 11.6. The van der Waals surface area contributed by atoms with Gasteiger partial charge in [0.05, 0.1) is 11.3 Å². The molecule has 0 bridgehead atoms. The van der Waals surface area contributed by atoms with Gasteiger partial charge in [-0.25, -0.2) is 4.98 Å². The minimum Gasteiger partial charge on any atom is -0.437 e. The number of nitrogens with zero attached hydrogens (tertiary/aromatic N) is 1. The van der Waals surface area contributed by atoms with Gasteiger partial charge >= 0.3 is 0 Å². The van der Waals surface area contributed by atoms with Gasteiger partial charge in [0.1, 0.15) is 5.76 Å². The number of oxazole rings is 1. The summed E-state index contributed by atoms with van der Waals surface area (Å²) in [7, 11) is 0. The second-order valence-electron chi connectivity index (χ2n) is 4.38. The molecule has 0 radical (unpaired) electrons. The molecule has 1 aliphatic heterocycles. The number of hydrogen-bond acceptors (Lipinski definition) is 5. The first-order valence-corrected chi connectivity index (χ1v) is 6.58. The van der Waals surface area contributed by atoms with Crippen molar-refractivity contribution in [2.45, 2.75) is 37.5 Å². The Hall–Kier alpha value is -0.520. The zero-order valence-corrected chi connectivity index (χ0v) is 10.6. The van der Waals surface area contributed by atoms with Crippen molar-refractivity contribution in [2.24, 2.45) is 0 Å². The molecular weight excluding hydrogens is 224 g/mol. The second-order valence-corrected chi connectivity index (χ2v) is 5.31. The molecule has 0 aliphatic carbocycles. The third-order valence-electron chi connectivity index (χ3n) is 3.01. The Balaban J connectivity index is 1.91. The van der Waals surface area contributed by atoms with Gasteiger partial charge in [-0.2, -0.15) is 0 Å². The summed E-state index contributed by atoms with van der Waals surface area (Å²) in [6.07, 6.45) is 1.61. The maximum absolute atomic E-state index is 10.3. The molecule has 1 saturated heterocycles. The Bertz CT molecular complexity index is 339. The van der Waals surface area contributed by atoms with Crippen molar-refractivity contribution in [1.29, 1.82) is 0 Å². The van der Waals surface area contributed by atoms with Crippen LogP contribution in [0.5, 0.6) is 0 Å². The second kappa shape index (κ2) is 4.77. The van der Waals surface area contributed by atoms with Crippen LogP contribution in [0, 0.1) is 13.8 Å². The van der Waals surface area contributed by atoms with E-state index in [1.807, 2.05) is 13.8 Å². The van der Waals surface area contributed by atoms with E-state index in [0.29, 0.717) is 11.0 Å². The highest BCUT2D eigenvalue weighted by molar-refractivity contribution is 7.99. The summed E-state index contributed by atoms with van der Waals surface area (Å²) in [5.74, 6) is 1.52. The Labute approximate surface area is 99.8 Å². The van der Waals surface area contributed by atoms with E-state index in [9.17, 15) is 5.11 Å². The largest absolute Gasteiger partial charge is 0.437 e. The molecule has 0 aromatic carbocycles. The maximum Gasteiger partial charge on any atom is 0.256 e. The normalized spacial score (nSPS) is 19.9. The topological polar surface area (TPSA) is 58.3 Å². The molecule has 0 atom stereocenters. The Morgan fingerprint density at radius 3 is 2.69 bits per heavy atom. The monoisotopic (exact) mass is 242 g/mol. The van der Waals surface area contributed by atoms with Crippen molar-refractivity contribution in [3.05, 3.63) is 11.5 Å². The molecule has 4 nitrogen and oxygen atoms in total.